The van der Waals surface area contributed by atoms with E-state index in [9.17, 15) is 9.90 Å². The number of esters is 1. The normalized spacial score (nSPS) is 11.9. The van der Waals surface area contributed by atoms with Gasteiger partial charge in [0.15, 0.2) is 11.5 Å². The zero-order valence-corrected chi connectivity index (χ0v) is 11.1. The molecule has 0 fully saturated rings. The van der Waals surface area contributed by atoms with Crippen molar-refractivity contribution < 1.29 is 19.4 Å². The Bertz CT molecular complexity index is 401. The highest BCUT2D eigenvalue weighted by molar-refractivity contribution is 5.72. The first-order chi connectivity index (χ1) is 8.62. The van der Waals surface area contributed by atoms with Crippen molar-refractivity contribution in [2.75, 3.05) is 13.7 Å². The third kappa shape index (κ3) is 3.65. The van der Waals surface area contributed by atoms with E-state index in [-0.39, 0.29) is 17.6 Å². The summed E-state index contributed by atoms with van der Waals surface area (Å²) in [5.74, 6) is 0.171. The predicted octanol–water partition coefficient (Wildman–Crippen LogP) is 2.53. The molecule has 100 valence electrons. The Labute approximate surface area is 108 Å². The molecule has 0 aliphatic carbocycles. The maximum absolute atomic E-state index is 11.7. The van der Waals surface area contributed by atoms with Crippen LogP contribution in [0.5, 0.6) is 11.5 Å². The largest absolute Gasteiger partial charge is 0.504 e. The molecule has 1 unspecified atom stereocenters. The number of carbonyl (C=O) groups excluding carboxylic acids is 1. The molecule has 18 heavy (non-hydrogen) atoms. The van der Waals surface area contributed by atoms with Crippen LogP contribution in [0.4, 0.5) is 0 Å². The average Bonchev–Trinajstić information content (AvgIpc) is 2.36. The molecular weight excluding hydrogens is 232 g/mol. The van der Waals surface area contributed by atoms with Crippen molar-refractivity contribution in [2.24, 2.45) is 5.92 Å². The summed E-state index contributed by atoms with van der Waals surface area (Å²) < 4.78 is 9.99. The molecule has 1 rings (SSSR count). The molecule has 0 aromatic heterocycles. The van der Waals surface area contributed by atoms with Crippen LogP contribution in [-0.2, 0) is 16.0 Å². The number of phenolic OH excluding ortho intramolecular Hbond substituents is 1. The van der Waals surface area contributed by atoms with E-state index in [0.717, 1.165) is 5.56 Å². The van der Waals surface area contributed by atoms with E-state index in [0.29, 0.717) is 25.2 Å². The summed E-state index contributed by atoms with van der Waals surface area (Å²) in [7, 11) is 1.50. The number of carbonyl (C=O) groups is 1. The smallest absolute Gasteiger partial charge is 0.309 e. The van der Waals surface area contributed by atoms with Crippen molar-refractivity contribution in [3.8, 4) is 11.5 Å². The van der Waals surface area contributed by atoms with Crippen molar-refractivity contribution in [3.05, 3.63) is 23.8 Å². The van der Waals surface area contributed by atoms with Gasteiger partial charge in [-0.15, -0.1) is 0 Å². The summed E-state index contributed by atoms with van der Waals surface area (Å²) >= 11 is 0. The van der Waals surface area contributed by atoms with Gasteiger partial charge in [0.2, 0.25) is 0 Å². The number of hydrogen-bond acceptors (Lipinski definition) is 4. The van der Waals surface area contributed by atoms with Crippen LogP contribution in [0.3, 0.4) is 0 Å². The Morgan fingerprint density at radius 2 is 2.11 bits per heavy atom. The Morgan fingerprint density at radius 1 is 1.39 bits per heavy atom. The van der Waals surface area contributed by atoms with E-state index >= 15 is 0 Å². The minimum absolute atomic E-state index is 0.0914. The molecular formula is C14H20O4. The molecule has 0 bridgehead atoms. The summed E-state index contributed by atoms with van der Waals surface area (Å²) in [5.41, 5.74) is 0.896. The van der Waals surface area contributed by atoms with Crippen molar-refractivity contribution in [1.82, 2.24) is 0 Å². The van der Waals surface area contributed by atoms with E-state index in [1.165, 1.54) is 7.11 Å². The Hall–Kier alpha value is -1.71. The fraction of sp³-hybridized carbons (Fsp3) is 0.500. The van der Waals surface area contributed by atoms with Gasteiger partial charge in [-0.2, -0.15) is 0 Å². The highest BCUT2D eigenvalue weighted by atomic mass is 16.5. The minimum Gasteiger partial charge on any atom is -0.504 e. The Morgan fingerprint density at radius 3 is 2.61 bits per heavy atom. The lowest BCUT2D eigenvalue weighted by Gasteiger charge is -2.14. The molecule has 1 N–H and O–H groups in total. The van der Waals surface area contributed by atoms with Gasteiger partial charge in [-0.25, -0.2) is 0 Å². The molecule has 0 spiro atoms. The fourth-order valence-electron chi connectivity index (χ4n) is 1.80. The van der Waals surface area contributed by atoms with E-state index in [1.54, 1.807) is 19.1 Å². The molecule has 1 atom stereocenters. The molecule has 0 saturated carbocycles. The SMILES string of the molecule is CCOC(=O)C(CC)Cc1ccc(OC)c(O)c1. The van der Waals surface area contributed by atoms with E-state index in [1.807, 2.05) is 13.0 Å². The van der Waals surface area contributed by atoms with Gasteiger partial charge in [0.25, 0.3) is 0 Å². The molecule has 4 nitrogen and oxygen atoms in total. The van der Waals surface area contributed by atoms with E-state index < -0.39 is 0 Å². The Kier molecular flexibility index (Phi) is 5.49. The average molecular weight is 252 g/mol. The number of hydrogen-bond donors (Lipinski definition) is 1. The number of aromatic hydroxyl groups is 1. The third-order valence-electron chi connectivity index (χ3n) is 2.84. The summed E-state index contributed by atoms with van der Waals surface area (Å²) in [6.07, 6.45) is 1.28. The van der Waals surface area contributed by atoms with Gasteiger partial charge in [-0.05, 0) is 37.5 Å². The maximum atomic E-state index is 11.7. The number of rotatable bonds is 6. The zero-order valence-electron chi connectivity index (χ0n) is 11.1. The summed E-state index contributed by atoms with van der Waals surface area (Å²) in [5, 5.41) is 9.68. The zero-order chi connectivity index (χ0) is 13.5. The molecule has 4 heteroatoms. The standard InChI is InChI=1S/C14H20O4/c1-4-11(14(16)18-5-2)8-10-6-7-13(17-3)12(15)9-10/h6-7,9,11,15H,4-5,8H2,1-3H3. The number of phenols is 1. The predicted molar refractivity (Wildman–Crippen MR) is 68.8 cm³/mol. The lowest BCUT2D eigenvalue weighted by molar-refractivity contribution is -0.148. The first-order valence-electron chi connectivity index (χ1n) is 6.14. The quantitative estimate of drug-likeness (QED) is 0.790. The first kappa shape index (κ1) is 14.4. The highest BCUT2D eigenvalue weighted by Gasteiger charge is 2.18. The van der Waals surface area contributed by atoms with Gasteiger partial charge >= 0.3 is 5.97 Å². The summed E-state index contributed by atoms with van der Waals surface area (Å²) in [6, 6.07) is 5.17. The molecule has 1 aromatic rings. The monoisotopic (exact) mass is 252 g/mol. The molecule has 0 heterocycles. The van der Waals surface area contributed by atoms with E-state index in [4.69, 9.17) is 9.47 Å². The van der Waals surface area contributed by atoms with Crippen LogP contribution in [0.15, 0.2) is 18.2 Å². The second kappa shape index (κ2) is 6.89. The van der Waals surface area contributed by atoms with Gasteiger partial charge in [-0.1, -0.05) is 13.0 Å². The second-order valence-corrected chi connectivity index (χ2v) is 4.07. The molecule has 1 aromatic carbocycles. The lowest BCUT2D eigenvalue weighted by Crippen LogP contribution is -2.19. The van der Waals surface area contributed by atoms with E-state index in [2.05, 4.69) is 0 Å². The van der Waals surface area contributed by atoms with Crippen molar-refractivity contribution >= 4 is 5.97 Å². The molecule has 0 amide bonds. The molecule has 0 aliphatic heterocycles. The van der Waals surface area contributed by atoms with Crippen molar-refractivity contribution in [3.63, 3.8) is 0 Å². The van der Waals surface area contributed by atoms with Crippen LogP contribution in [0, 0.1) is 5.92 Å². The number of methoxy groups -OCH3 is 1. The first-order valence-corrected chi connectivity index (χ1v) is 6.14. The van der Waals surface area contributed by atoms with Crippen molar-refractivity contribution in [1.29, 1.82) is 0 Å². The van der Waals surface area contributed by atoms with Crippen LogP contribution < -0.4 is 4.74 Å². The molecule has 0 radical (unpaired) electrons. The lowest BCUT2D eigenvalue weighted by atomic mass is 9.97. The number of ether oxygens (including phenoxy) is 2. The summed E-state index contributed by atoms with van der Waals surface area (Å²) in [6.45, 7) is 4.14. The van der Waals surface area contributed by atoms with Crippen LogP contribution in [0.25, 0.3) is 0 Å². The van der Waals surface area contributed by atoms with Crippen LogP contribution in [-0.4, -0.2) is 24.8 Å². The van der Waals surface area contributed by atoms with Crippen LogP contribution in [0.2, 0.25) is 0 Å². The van der Waals surface area contributed by atoms with Crippen molar-refractivity contribution in [2.45, 2.75) is 26.7 Å². The van der Waals surface area contributed by atoms with Crippen LogP contribution in [0.1, 0.15) is 25.8 Å². The van der Waals surface area contributed by atoms with Gasteiger partial charge in [-0.3, -0.25) is 4.79 Å². The Balaban J connectivity index is 2.76. The van der Waals surface area contributed by atoms with Gasteiger partial charge in [0, 0.05) is 0 Å². The van der Waals surface area contributed by atoms with Gasteiger partial charge in [0.05, 0.1) is 19.6 Å². The number of benzene rings is 1. The van der Waals surface area contributed by atoms with Gasteiger partial charge < -0.3 is 14.6 Å². The molecule has 0 aliphatic rings. The maximum Gasteiger partial charge on any atom is 0.309 e. The van der Waals surface area contributed by atoms with Crippen LogP contribution >= 0.6 is 0 Å². The van der Waals surface area contributed by atoms with Gasteiger partial charge in [0.1, 0.15) is 0 Å². The molecule has 0 saturated heterocycles. The topological polar surface area (TPSA) is 55.8 Å². The summed E-state index contributed by atoms with van der Waals surface area (Å²) in [4.78, 5) is 11.7. The highest BCUT2D eigenvalue weighted by Crippen LogP contribution is 2.27. The second-order valence-electron chi connectivity index (χ2n) is 4.07. The minimum atomic E-state index is -0.185. The third-order valence-corrected chi connectivity index (χ3v) is 2.84. The fourth-order valence-corrected chi connectivity index (χ4v) is 1.80.